The Morgan fingerprint density at radius 1 is 0.789 bits per heavy atom. The quantitative estimate of drug-likeness (QED) is 0.775. The molecular formula is C16H33N3. The van der Waals surface area contributed by atoms with Gasteiger partial charge in [-0.2, -0.15) is 0 Å². The molecule has 0 aromatic heterocycles. The van der Waals surface area contributed by atoms with Gasteiger partial charge in [-0.1, -0.05) is 6.92 Å². The molecule has 2 aliphatic rings. The minimum atomic E-state index is 0.709. The predicted octanol–water partition coefficient (Wildman–Crippen LogP) is 2.13. The zero-order valence-corrected chi connectivity index (χ0v) is 13.6. The molecule has 0 unspecified atom stereocenters. The van der Waals surface area contributed by atoms with E-state index in [4.69, 9.17) is 0 Å². The Balaban J connectivity index is 1.84. The van der Waals surface area contributed by atoms with Gasteiger partial charge in [-0.25, -0.2) is 0 Å². The first kappa shape index (κ1) is 15.3. The fourth-order valence-electron chi connectivity index (χ4n) is 3.76. The number of piperazine rings is 1. The van der Waals surface area contributed by atoms with E-state index in [1.165, 1.54) is 45.7 Å². The standard InChI is InChI=1S/C16H33N3/c1-13(2)17-8-10-18(11-9-17)16-6-7-19(14(3)4)12-15(16)5/h13-16H,6-12H2,1-5H3/t15-,16-/m0/s1. The van der Waals surface area contributed by atoms with Gasteiger partial charge >= 0.3 is 0 Å². The first-order chi connectivity index (χ1) is 8.99. The van der Waals surface area contributed by atoms with Crippen molar-refractivity contribution in [1.82, 2.24) is 14.7 Å². The second kappa shape index (κ2) is 6.55. The van der Waals surface area contributed by atoms with Crippen LogP contribution in [0, 0.1) is 5.92 Å². The van der Waals surface area contributed by atoms with Crippen LogP contribution in [-0.4, -0.2) is 72.1 Å². The first-order valence-corrected chi connectivity index (χ1v) is 8.21. The van der Waals surface area contributed by atoms with Crippen LogP contribution < -0.4 is 0 Å². The summed E-state index contributed by atoms with van der Waals surface area (Å²) >= 11 is 0. The van der Waals surface area contributed by atoms with E-state index in [0.29, 0.717) is 12.1 Å². The monoisotopic (exact) mass is 267 g/mol. The molecule has 2 heterocycles. The maximum absolute atomic E-state index is 2.77. The number of hydrogen-bond acceptors (Lipinski definition) is 3. The Labute approximate surface area is 119 Å². The van der Waals surface area contributed by atoms with E-state index in [0.717, 1.165) is 12.0 Å². The number of piperidine rings is 1. The summed E-state index contributed by atoms with van der Waals surface area (Å²) in [6.45, 7) is 19.4. The van der Waals surface area contributed by atoms with Crippen molar-refractivity contribution in [1.29, 1.82) is 0 Å². The molecule has 0 radical (unpaired) electrons. The van der Waals surface area contributed by atoms with Gasteiger partial charge in [-0.05, 0) is 46.6 Å². The molecule has 0 saturated carbocycles. The van der Waals surface area contributed by atoms with Gasteiger partial charge in [0.05, 0.1) is 0 Å². The molecule has 2 rings (SSSR count). The maximum atomic E-state index is 2.77. The molecule has 0 aliphatic carbocycles. The Kier molecular flexibility index (Phi) is 5.27. The second-order valence-corrected chi connectivity index (χ2v) is 7.09. The van der Waals surface area contributed by atoms with E-state index < -0.39 is 0 Å². The summed E-state index contributed by atoms with van der Waals surface area (Å²) in [5, 5.41) is 0. The van der Waals surface area contributed by atoms with Crippen LogP contribution in [0.3, 0.4) is 0 Å². The lowest BCUT2D eigenvalue weighted by Crippen LogP contribution is -2.57. The van der Waals surface area contributed by atoms with Crippen molar-refractivity contribution >= 4 is 0 Å². The van der Waals surface area contributed by atoms with Crippen molar-refractivity contribution in [2.75, 3.05) is 39.3 Å². The predicted molar refractivity (Wildman–Crippen MR) is 82.6 cm³/mol. The molecule has 2 fully saturated rings. The molecule has 0 aromatic carbocycles. The number of nitrogens with zero attached hydrogens (tertiary/aromatic N) is 3. The van der Waals surface area contributed by atoms with E-state index in [1.54, 1.807) is 0 Å². The van der Waals surface area contributed by atoms with Gasteiger partial charge < -0.3 is 4.90 Å². The second-order valence-electron chi connectivity index (χ2n) is 7.09. The molecular weight excluding hydrogens is 234 g/mol. The van der Waals surface area contributed by atoms with Crippen LogP contribution in [0.15, 0.2) is 0 Å². The highest BCUT2D eigenvalue weighted by molar-refractivity contribution is 4.88. The summed E-state index contributed by atoms with van der Waals surface area (Å²) in [5.41, 5.74) is 0. The van der Waals surface area contributed by atoms with Gasteiger partial charge in [-0.3, -0.25) is 9.80 Å². The molecule has 112 valence electrons. The molecule has 0 aromatic rings. The fourth-order valence-corrected chi connectivity index (χ4v) is 3.76. The molecule has 0 N–H and O–H groups in total. The number of hydrogen-bond donors (Lipinski definition) is 0. The molecule has 3 heteroatoms. The smallest absolute Gasteiger partial charge is 0.0146 e. The van der Waals surface area contributed by atoms with Crippen LogP contribution in [0.4, 0.5) is 0 Å². The lowest BCUT2D eigenvalue weighted by atomic mass is 9.91. The third-order valence-corrected chi connectivity index (χ3v) is 5.17. The molecule has 19 heavy (non-hydrogen) atoms. The van der Waals surface area contributed by atoms with Crippen molar-refractivity contribution in [2.24, 2.45) is 5.92 Å². The Hall–Kier alpha value is -0.120. The summed E-state index contributed by atoms with van der Waals surface area (Å²) in [4.78, 5) is 8.02. The summed E-state index contributed by atoms with van der Waals surface area (Å²) < 4.78 is 0. The average Bonchev–Trinajstić information content (AvgIpc) is 2.38. The van der Waals surface area contributed by atoms with Crippen LogP contribution in [0.5, 0.6) is 0 Å². The van der Waals surface area contributed by atoms with Crippen molar-refractivity contribution in [3.05, 3.63) is 0 Å². The molecule has 3 nitrogen and oxygen atoms in total. The normalized spacial score (nSPS) is 32.4. The molecule has 0 spiro atoms. The lowest BCUT2D eigenvalue weighted by molar-refractivity contribution is 0.0145. The lowest BCUT2D eigenvalue weighted by Gasteiger charge is -2.47. The van der Waals surface area contributed by atoms with Crippen LogP contribution in [0.1, 0.15) is 41.0 Å². The molecule has 2 saturated heterocycles. The van der Waals surface area contributed by atoms with Crippen LogP contribution in [-0.2, 0) is 0 Å². The van der Waals surface area contributed by atoms with Gasteiger partial charge in [-0.15, -0.1) is 0 Å². The third-order valence-electron chi connectivity index (χ3n) is 5.17. The zero-order valence-electron chi connectivity index (χ0n) is 13.6. The summed E-state index contributed by atoms with van der Waals surface area (Å²) in [6.07, 6.45) is 1.36. The van der Waals surface area contributed by atoms with E-state index in [2.05, 4.69) is 49.3 Å². The van der Waals surface area contributed by atoms with Crippen LogP contribution >= 0.6 is 0 Å². The fraction of sp³-hybridized carbons (Fsp3) is 1.00. The molecule has 0 amide bonds. The highest BCUT2D eigenvalue weighted by atomic mass is 15.3. The van der Waals surface area contributed by atoms with E-state index in [1.807, 2.05) is 0 Å². The van der Waals surface area contributed by atoms with Gasteiger partial charge in [0.25, 0.3) is 0 Å². The molecule has 0 bridgehead atoms. The largest absolute Gasteiger partial charge is 0.301 e. The van der Waals surface area contributed by atoms with E-state index in [-0.39, 0.29) is 0 Å². The van der Waals surface area contributed by atoms with Crippen molar-refractivity contribution < 1.29 is 0 Å². The Morgan fingerprint density at radius 3 is 1.84 bits per heavy atom. The summed E-state index contributed by atoms with van der Waals surface area (Å²) in [5.74, 6) is 0.821. The zero-order chi connectivity index (χ0) is 14.0. The van der Waals surface area contributed by atoms with Crippen LogP contribution in [0.2, 0.25) is 0 Å². The number of rotatable bonds is 3. The SMILES string of the molecule is CC(C)N1CCN([C@H]2CCN(C(C)C)C[C@@H]2C)CC1. The maximum Gasteiger partial charge on any atom is 0.0146 e. The van der Waals surface area contributed by atoms with Crippen molar-refractivity contribution in [3.8, 4) is 0 Å². The van der Waals surface area contributed by atoms with Crippen molar-refractivity contribution in [2.45, 2.75) is 59.2 Å². The van der Waals surface area contributed by atoms with Crippen molar-refractivity contribution in [3.63, 3.8) is 0 Å². The minimum absolute atomic E-state index is 0.709. The highest BCUT2D eigenvalue weighted by Crippen LogP contribution is 2.24. The Bertz CT molecular complexity index is 269. The molecule has 2 aliphatic heterocycles. The summed E-state index contributed by atoms with van der Waals surface area (Å²) in [7, 11) is 0. The van der Waals surface area contributed by atoms with Gasteiger partial charge in [0.15, 0.2) is 0 Å². The van der Waals surface area contributed by atoms with E-state index >= 15 is 0 Å². The Morgan fingerprint density at radius 2 is 1.37 bits per heavy atom. The highest BCUT2D eigenvalue weighted by Gasteiger charge is 2.33. The van der Waals surface area contributed by atoms with E-state index in [9.17, 15) is 0 Å². The first-order valence-electron chi connectivity index (χ1n) is 8.21. The van der Waals surface area contributed by atoms with Gasteiger partial charge in [0.2, 0.25) is 0 Å². The molecule has 2 atom stereocenters. The summed E-state index contributed by atoms with van der Waals surface area (Å²) in [6, 6.07) is 2.24. The van der Waals surface area contributed by atoms with Gasteiger partial charge in [0.1, 0.15) is 0 Å². The topological polar surface area (TPSA) is 9.72 Å². The average molecular weight is 267 g/mol. The third kappa shape index (κ3) is 3.71. The minimum Gasteiger partial charge on any atom is -0.301 e. The van der Waals surface area contributed by atoms with Gasteiger partial charge in [0, 0.05) is 50.8 Å². The number of likely N-dealkylation sites (tertiary alicyclic amines) is 1. The van der Waals surface area contributed by atoms with Crippen LogP contribution in [0.25, 0.3) is 0 Å².